The second-order valence-electron chi connectivity index (χ2n) is 7.84. The third-order valence-electron chi connectivity index (χ3n) is 5.29. The number of ether oxygens (including phenoxy) is 1. The van der Waals surface area contributed by atoms with E-state index in [0.717, 1.165) is 28.5 Å². The molecule has 2 amide bonds. The lowest BCUT2D eigenvalue weighted by atomic mass is 10.0. The van der Waals surface area contributed by atoms with E-state index >= 15 is 0 Å². The van der Waals surface area contributed by atoms with Crippen LogP contribution in [-0.2, 0) is 16.1 Å². The van der Waals surface area contributed by atoms with Gasteiger partial charge in [-0.3, -0.25) is 19.9 Å². The molecule has 0 aliphatic carbocycles. The Labute approximate surface area is 171 Å². The number of nitrogens with one attached hydrogen (secondary N) is 2. The van der Waals surface area contributed by atoms with Gasteiger partial charge in [0.2, 0.25) is 11.8 Å². The van der Waals surface area contributed by atoms with Crippen LogP contribution in [-0.4, -0.2) is 42.5 Å². The van der Waals surface area contributed by atoms with E-state index in [1.54, 1.807) is 0 Å². The first kappa shape index (κ1) is 21.1. The van der Waals surface area contributed by atoms with E-state index in [1.165, 1.54) is 0 Å². The van der Waals surface area contributed by atoms with Gasteiger partial charge in [0.05, 0.1) is 19.1 Å². The molecule has 29 heavy (non-hydrogen) atoms. The molecule has 0 aromatic heterocycles. The number of rotatable bonds is 8. The van der Waals surface area contributed by atoms with Crippen molar-refractivity contribution in [3.8, 4) is 5.75 Å². The van der Waals surface area contributed by atoms with Gasteiger partial charge in [0.15, 0.2) is 0 Å². The third kappa shape index (κ3) is 5.25. The molecule has 4 N–H and O–H groups in total. The van der Waals surface area contributed by atoms with Crippen LogP contribution in [0.5, 0.6) is 5.75 Å². The summed E-state index contributed by atoms with van der Waals surface area (Å²) in [7, 11) is 0. The fourth-order valence-corrected chi connectivity index (χ4v) is 3.63. The Bertz CT molecular complexity index is 868. The van der Waals surface area contributed by atoms with Crippen LogP contribution >= 0.6 is 0 Å². The first-order valence-electron chi connectivity index (χ1n) is 10.1. The second-order valence-corrected chi connectivity index (χ2v) is 7.84. The zero-order chi connectivity index (χ0) is 20.8. The molecule has 0 radical (unpaired) electrons. The Hall–Kier alpha value is -2.64. The maximum Gasteiger partial charge on any atom is 0.237 e. The second kappa shape index (κ2) is 9.71. The normalized spacial score (nSPS) is 17.4. The van der Waals surface area contributed by atoms with Crippen molar-refractivity contribution in [2.75, 3.05) is 19.7 Å². The summed E-state index contributed by atoms with van der Waals surface area (Å²) < 4.78 is 6.14. The number of carbonyl (C=O) groups excluding carboxylic acids is 2. The molecule has 7 nitrogen and oxygen atoms in total. The first-order valence-corrected chi connectivity index (χ1v) is 10.1. The summed E-state index contributed by atoms with van der Waals surface area (Å²) in [5, 5.41) is 5.06. The minimum atomic E-state index is -0.560. The topological polar surface area (TPSA) is 96.7 Å². The predicted molar refractivity (Wildman–Crippen MR) is 113 cm³/mol. The van der Waals surface area contributed by atoms with Crippen LogP contribution in [0.4, 0.5) is 0 Å². The third-order valence-corrected chi connectivity index (χ3v) is 5.29. The van der Waals surface area contributed by atoms with Crippen molar-refractivity contribution in [2.24, 2.45) is 11.8 Å². The van der Waals surface area contributed by atoms with Gasteiger partial charge >= 0.3 is 0 Å². The van der Waals surface area contributed by atoms with Crippen molar-refractivity contribution in [3.63, 3.8) is 0 Å². The largest absolute Gasteiger partial charge is 0.493 e. The van der Waals surface area contributed by atoms with Crippen LogP contribution in [0.3, 0.4) is 0 Å². The zero-order valence-corrected chi connectivity index (χ0v) is 17.1. The molecule has 156 valence electrons. The highest BCUT2D eigenvalue weighted by Crippen LogP contribution is 2.31. The minimum Gasteiger partial charge on any atom is -0.493 e. The molecule has 1 unspecified atom stereocenters. The highest BCUT2D eigenvalue weighted by Gasteiger charge is 2.32. The lowest BCUT2D eigenvalue weighted by Crippen LogP contribution is -2.56. The molecule has 0 spiro atoms. The molecular formula is C22H30N4O3. The number of benzene rings is 2. The number of piperazine rings is 1. The summed E-state index contributed by atoms with van der Waals surface area (Å²) >= 11 is 0. The molecule has 7 heteroatoms. The van der Waals surface area contributed by atoms with E-state index in [-0.39, 0.29) is 18.2 Å². The van der Waals surface area contributed by atoms with Crippen molar-refractivity contribution in [2.45, 2.75) is 39.3 Å². The van der Waals surface area contributed by atoms with E-state index < -0.39 is 6.04 Å². The monoisotopic (exact) mass is 398 g/mol. The van der Waals surface area contributed by atoms with Crippen molar-refractivity contribution in [3.05, 3.63) is 42.0 Å². The van der Waals surface area contributed by atoms with Crippen LogP contribution < -0.4 is 21.3 Å². The summed E-state index contributed by atoms with van der Waals surface area (Å²) in [6, 6.07) is 11.7. The van der Waals surface area contributed by atoms with Crippen molar-refractivity contribution < 1.29 is 14.3 Å². The molecule has 1 aliphatic heterocycles. The predicted octanol–water partition coefficient (Wildman–Crippen LogP) is 1.95. The Morgan fingerprint density at radius 3 is 2.86 bits per heavy atom. The molecule has 0 saturated carbocycles. The van der Waals surface area contributed by atoms with Gasteiger partial charge in [0.1, 0.15) is 5.75 Å². The number of hydrazine groups is 1. The summed E-state index contributed by atoms with van der Waals surface area (Å²) in [5.41, 5.74) is 3.17. The summed E-state index contributed by atoms with van der Waals surface area (Å²) in [4.78, 5) is 26.3. The summed E-state index contributed by atoms with van der Waals surface area (Å²) in [6.07, 6.45) is 0.994. The number of amides is 2. The van der Waals surface area contributed by atoms with Gasteiger partial charge in [-0.05, 0) is 29.2 Å². The van der Waals surface area contributed by atoms with Crippen LogP contribution in [0.15, 0.2) is 36.4 Å². The van der Waals surface area contributed by atoms with Crippen LogP contribution in [0.2, 0.25) is 0 Å². The Balaban J connectivity index is 1.91. The maximum absolute atomic E-state index is 12.4. The average molecular weight is 399 g/mol. The van der Waals surface area contributed by atoms with Gasteiger partial charge in [-0.1, -0.05) is 44.2 Å². The number of fused-ring (bicyclic) bond motifs is 1. The van der Waals surface area contributed by atoms with Crippen molar-refractivity contribution in [1.29, 1.82) is 0 Å². The van der Waals surface area contributed by atoms with Crippen molar-refractivity contribution in [1.82, 2.24) is 15.6 Å². The van der Waals surface area contributed by atoms with Gasteiger partial charge in [0.25, 0.3) is 0 Å². The van der Waals surface area contributed by atoms with Gasteiger partial charge in [-0.15, -0.1) is 0 Å². The van der Waals surface area contributed by atoms with E-state index in [1.807, 2.05) is 23.1 Å². The lowest BCUT2D eigenvalue weighted by molar-refractivity contribution is -0.134. The molecule has 2 aromatic carbocycles. The quantitative estimate of drug-likeness (QED) is 0.359. The molecule has 1 fully saturated rings. The molecule has 2 aromatic rings. The number of hydrogen-bond acceptors (Lipinski definition) is 5. The van der Waals surface area contributed by atoms with Crippen LogP contribution in [0.1, 0.15) is 32.3 Å². The Kier molecular flexibility index (Phi) is 7.06. The molecule has 3 rings (SSSR count). The first-order chi connectivity index (χ1) is 14.0. The van der Waals surface area contributed by atoms with Gasteiger partial charge in [-0.2, -0.15) is 0 Å². The highest BCUT2D eigenvalue weighted by atomic mass is 16.5. The standard InChI is InChI=1S/C22H30N4O3/c1-15(2)9-12-29-20-8-7-16-5-3-4-6-17(16)18(20)14-26-11-10-24-22(28)19(26)13-21(27)25-23/h3-8,15,19H,9-14,23H2,1-2H3,(H,24,28)(H,25,27). The van der Waals surface area contributed by atoms with E-state index in [2.05, 4.69) is 42.8 Å². The SMILES string of the molecule is CC(C)CCOc1ccc2ccccc2c1CN1CCNC(=O)C1CC(=O)NN. The summed E-state index contributed by atoms with van der Waals surface area (Å²) in [6.45, 7) is 6.71. The molecule has 0 bridgehead atoms. The number of carbonyl (C=O) groups is 2. The molecule has 1 heterocycles. The van der Waals surface area contributed by atoms with E-state index in [0.29, 0.717) is 32.2 Å². The Morgan fingerprint density at radius 1 is 1.31 bits per heavy atom. The fraction of sp³-hybridized carbons (Fsp3) is 0.455. The lowest BCUT2D eigenvalue weighted by Gasteiger charge is -2.35. The number of nitrogens with two attached hydrogens (primary N) is 1. The van der Waals surface area contributed by atoms with E-state index in [9.17, 15) is 9.59 Å². The smallest absolute Gasteiger partial charge is 0.237 e. The van der Waals surface area contributed by atoms with Crippen LogP contribution in [0, 0.1) is 5.92 Å². The average Bonchev–Trinajstić information content (AvgIpc) is 2.71. The highest BCUT2D eigenvalue weighted by molar-refractivity contribution is 5.89. The molecular weight excluding hydrogens is 368 g/mol. The van der Waals surface area contributed by atoms with Crippen LogP contribution in [0.25, 0.3) is 10.8 Å². The van der Waals surface area contributed by atoms with E-state index in [4.69, 9.17) is 10.6 Å². The molecule has 1 saturated heterocycles. The Morgan fingerprint density at radius 2 is 2.10 bits per heavy atom. The zero-order valence-electron chi connectivity index (χ0n) is 17.1. The molecule has 1 atom stereocenters. The molecule has 1 aliphatic rings. The number of hydrogen-bond donors (Lipinski definition) is 3. The van der Waals surface area contributed by atoms with Gasteiger partial charge < -0.3 is 10.1 Å². The minimum absolute atomic E-state index is 0.0244. The number of nitrogens with zero attached hydrogens (tertiary/aromatic N) is 1. The van der Waals surface area contributed by atoms with Gasteiger partial charge in [-0.25, -0.2) is 5.84 Å². The van der Waals surface area contributed by atoms with Gasteiger partial charge in [0, 0.05) is 25.2 Å². The van der Waals surface area contributed by atoms with Crippen molar-refractivity contribution >= 4 is 22.6 Å². The fourth-order valence-electron chi connectivity index (χ4n) is 3.63. The summed E-state index contributed by atoms with van der Waals surface area (Å²) in [5.74, 6) is 6.12. The maximum atomic E-state index is 12.4.